The highest BCUT2D eigenvalue weighted by atomic mass is 19.1. The van der Waals surface area contributed by atoms with Crippen molar-refractivity contribution in [1.29, 1.82) is 0 Å². The average Bonchev–Trinajstić information content (AvgIpc) is 3.08. The van der Waals surface area contributed by atoms with Gasteiger partial charge in [-0.2, -0.15) is 15.0 Å². The average molecular weight is 317 g/mol. The molecule has 1 aliphatic rings. The van der Waals surface area contributed by atoms with Gasteiger partial charge < -0.3 is 10.6 Å². The van der Waals surface area contributed by atoms with E-state index < -0.39 is 5.82 Å². The summed E-state index contributed by atoms with van der Waals surface area (Å²) in [5.74, 6) is -0.236. The minimum absolute atomic E-state index is 0.000247. The molecule has 1 fully saturated rings. The number of halogens is 1. The van der Waals surface area contributed by atoms with Gasteiger partial charge >= 0.3 is 0 Å². The van der Waals surface area contributed by atoms with Gasteiger partial charge in [-0.05, 0) is 30.9 Å². The summed E-state index contributed by atoms with van der Waals surface area (Å²) in [5, 5.41) is 8.03. The molecule has 2 aromatic rings. The summed E-state index contributed by atoms with van der Waals surface area (Å²) in [6, 6.07) is 4.05. The molecule has 6 nitrogen and oxygen atoms in total. The molecular formula is C16H20FN5O. The van der Waals surface area contributed by atoms with Crippen LogP contribution in [-0.2, 0) is 0 Å². The van der Waals surface area contributed by atoms with Crippen molar-refractivity contribution < 1.29 is 9.18 Å². The van der Waals surface area contributed by atoms with Crippen LogP contribution in [0.3, 0.4) is 0 Å². The van der Waals surface area contributed by atoms with E-state index >= 15 is 0 Å². The smallest absolute Gasteiger partial charge is 0.256 e. The number of hydrogen-bond donors (Lipinski definition) is 1. The van der Waals surface area contributed by atoms with Crippen molar-refractivity contribution in [2.24, 2.45) is 11.7 Å². The van der Waals surface area contributed by atoms with E-state index in [0.29, 0.717) is 30.3 Å². The molecule has 0 radical (unpaired) electrons. The van der Waals surface area contributed by atoms with E-state index in [1.54, 1.807) is 4.90 Å². The van der Waals surface area contributed by atoms with E-state index in [0.717, 1.165) is 12.8 Å². The summed E-state index contributed by atoms with van der Waals surface area (Å²) in [6.07, 6.45) is 4.98. The van der Waals surface area contributed by atoms with Gasteiger partial charge in [-0.15, -0.1) is 0 Å². The number of rotatable bonds is 3. The molecule has 7 heteroatoms. The summed E-state index contributed by atoms with van der Waals surface area (Å²) >= 11 is 0. The Morgan fingerprint density at radius 2 is 2.13 bits per heavy atom. The fourth-order valence-electron chi connectivity index (χ4n) is 3.21. The Morgan fingerprint density at radius 1 is 1.39 bits per heavy atom. The van der Waals surface area contributed by atoms with Crippen LogP contribution in [0.15, 0.2) is 30.6 Å². The third kappa shape index (κ3) is 2.96. The Bertz CT molecular complexity index is 688. The van der Waals surface area contributed by atoms with Gasteiger partial charge in [0, 0.05) is 25.2 Å². The van der Waals surface area contributed by atoms with E-state index in [1.807, 2.05) is 0 Å². The lowest BCUT2D eigenvalue weighted by Gasteiger charge is -2.39. The third-order valence-corrected chi connectivity index (χ3v) is 4.44. The van der Waals surface area contributed by atoms with Gasteiger partial charge in [0.15, 0.2) is 0 Å². The van der Waals surface area contributed by atoms with Crippen molar-refractivity contribution in [2.75, 3.05) is 13.1 Å². The maximum absolute atomic E-state index is 13.6. The number of carbonyl (C=O) groups excluding carboxylic acids is 1. The highest BCUT2D eigenvalue weighted by Crippen LogP contribution is 2.26. The number of nitrogens with zero attached hydrogens (tertiary/aromatic N) is 4. The van der Waals surface area contributed by atoms with Crippen LogP contribution in [0.2, 0.25) is 0 Å². The molecule has 0 spiro atoms. The lowest BCUT2D eigenvalue weighted by atomic mass is 9.90. The molecule has 23 heavy (non-hydrogen) atoms. The first kappa shape index (κ1) is 15.6. The molecule has 2 unspecified atom stereocenters. The zero-order chi connectivity index (χ0) is 16.4. The van der Waals surface area contributed by atoms with E-state index in [2.05, 4.69) is 17.1 Å². The Kier molecular flexibility index (Phi) is 4.38. The number of benzene rings is 1. The van der Waals surface area contributed by atoms with Crippen LogP contribution >= 0.6 is 0 Å². The van der Waals surface area contributed by atoms with Gasteiger partial charge in [0.2, 0.25) is 0 Å². The molecule has 1 saturated heterocycles. The zero-order valence-corrected chi connectivity index (χ0v) is 13.0. The van der Waals surface area contributed by atoms with Crippen molar-refractivity contribution in [2.45, 2.75) is 25.8 Å². The summed E-state index contributed by atoms with van der Waals surface area (Å²) in [5.41, 5.74) is 6.60. The first-order chi connectivity index (χ1) is 11.1. The second-order valence-electron chi connectivity index (χ2n) is 5.90. The molecule has 0 bridgehead atoms. The van der Waals surface area contributed by atoms with E-state index in [4.69, 9.17) is 5.73 Å². The standard InChI is InChI=1S/C16H20FN5O/c1-11-3-2-8-21(15(11)10-18)16(23)13-5-4-12(17)9-14(13)22-19-6-7-20-22/h4-7,9,11,15H,2-3,8,10,18H2,1H3. The van der Waals surface area contributed by atoms with Crippen LogP contribution in [0.4, 0.5) is 4.39 Å². The number of likely N-dealkylation sites (tertiary alicyclic amines) is 1. The number of nitrogens with two attached hydrogens (primary N) is 1. The highest BCUT2D eigenvalue weighted by Gasteiger charge is 2.32. The summed E-state index contributed by atoms with van der Waals surface area (Å²) < 4.78 is 13.6. The minimum atomic E-state index is -0.434. The molecule has 0 saturated carbocycles. The maximum Gasteiger partial charge on any atom is 0.256 e. The quantitative estimate of drug-likeness (QED) is 0.933. The number of hydrogen-bond acceptors (Lipinski definition) is 4. The second-order valence-corrected chi connectivity index (χ2v) is 5.90. The van der Waals surface area contributed by atoms with Gasteiger partial charge in [-0.25, -0.2) is 4.39 Å². The van der Waals surface area contributed by atoms with Crippen LogP contribution in [0.25, 0.3) is 5.69 Å². The van der Waals surface area contributed by atoms with Gasteiger partial charge in [0.25, 0.3) is 5.91 Å². The Hall–Kier alpha value is -2.28. The predicted molar refractivity (Wildman–Crippen MR) is 83.6 cm³/mol. The fraction of sp³-hybridized carbons (Fsp3) is 0.438. The monoisotopic (exact) mass is 317 g/mol. The molecule has 2 heterocycles. The Balaban J connectivity index is 1.99. The second kappa shape index (κ2) is 6.45. The maximum atomic E-state index is 13.6. The number of piperidine rings is 1. The van der Waals surface area contributed by atoms with Gasteiger partial charge in [0.05, 0.1) is 18.0 Å². The highest BCUT2D eigenvalue weighted by molar-refractivity contribution is 5.98. The van der Waals surface area contributed by atoms with Gasteiger partial charge in [-0.1, -0.05) is 6.92 Å². The molecule has 1 amide bonds. The van der Waals surface area contributed by atoms with Gasteiger partial charge in [-0.3, -0.25) is 4.79 Å². The van der Waals surface area contributed by atoms with Gasteiger partial charge in [0.1, 0.15) is 11.5 Å². The SMILES string of the molecule is CC1CCCN(C(=O)c2ccc(F)cc2-n2nccn2)C1CN. The van der Waals surface area contributed by atoms with Crippen LogP contribution in [0.5, 0.6) is 0 Å². The van der Waals surface area contributed by atoms with E-state index in [1.165, 1.54) is 35.4 Å². The first-order valence-electron chi connectivity index (χ1n) is 7.79. The van der Waals surface area contributed by atoms with Crippen molar-refractivity contribution in [3.63, 3.8) is 0 Å². The molecule has 3 rings (SSSR count). The van der Waals surface area contributed by atoms with E-state index in [9.17, 15) is 9.18 Å². The third-order valence-electron chi connectivity index (χ3n) is 4.44. The lowest BCUT2D eigenvalue weighted by molar-refractivity contribution is 0.0532. The summed E-state index contributed by atoms with van der Waals surface area (Å²) in [7, 11) is 0. The molecule has 1 aromatic carbocycles. The van der Waals surface area contributed by atoms with Crippen molar-refractivity contribution >= 4 is 5.91 Å². The molecular weight excluding hydrogens is 297 g/mol. The number of carbonyl (C=O) groups is 1. The largest absolute Gasteiger partial charge is 0.334 e. The van der Waals surface area contributed by atoms with Crippen LogP contribution in [-0.4, -0.2) is 44.9 Å². The minimum Gasteiger partial charge on any atom is -0.334 e. The molecule has 0 aliphatic carbocycles. The Morgan fingerprint density at radius 3 is 2.83 bits per heavy atom. The predicted octanol–water partition coefficient (Wildman–Crippen LogP) is 1.61. The molecule has 1 aromatic heterocycles. The van der Waals surface area contributed by atoms with E-state index in [-0.39, 0.29) is 11.9 Å². The zero-order valence-electron chi connectivity index (χ0n) is 13.0. The summed E-state index contributed by atoms with van der Waals surface area (Å²) in [4.78, 5) is 16.1. The number of aromatic nitrogens is 3. The normalized spacial score (nSPS) is 21.4. The number of amides is 1. The van der Waals surface area contributed by atoms with Crippen LogP contribution in [0, 0.1) is 11.7 Å². The van der Waals surface area contributed by atoms with Crippen molar-refractivity contribution in [3.8, 4) is 5.69 Å². The van der Waals surface area contributed by atoms with Crippen LogP contribution in [0.1, 0.15) is 30.1 Å². The molecule has 2 N–H and O–H groups in total. The van der Waals surface area contributed by atoms with Crippen LogP contribution < -0.4 is 5.73 Å². The fourth-order valence-corrected chi connectivity index (χ4v) is 3.21. The van der Waals surface area contributed by atoms with Crippen molar-refractivity contribution in [1.82, 2.24) is 19.9 Å². The molecule has 122 valence electrons. The summed E-state index contributed by atoms with van der Waals surface area (Å²) in [6.45, 7) is 3.19. The molecule has 2 atom stereocenters. The molecule has 1 aliphatic heterocycles. The Labute approximate surface area is 134 Å². The van der Waals surface area contributed by atoms with Crippen molar-refractivity contribution in [3.05, 3.63) is 42.0 Å². The topological polar surface area (TPSA) is 77.0 Å². The first-order valence-corrected chi connectivity index (χ1v) is 7.79. The lowest BCUT2D eigenvalue weighted by Crippen LogP contribution is -2.51.